The predicted molar refractivity (Wildman–Crippen MR) is 99.9 cm³/mol. The van der Waals surface area contributed by atoms with Gasteiger partial charge in [0.1, 0.15) is 12.4 Å². The minimum absolute atomic E-state index is 0.228. The van der Waals surface area contributed by atoms with Gasteiger partial charge in [-0.2, -0.15) is 0 Å². The SMILES string of the molecule is Cc1cc(NC(=O)NCCOc2ccc3c(c2)CCC3)ccc1Br. The van der Waals surface area contributed by atoms with Crippen molar-refractivity contribution in [1.29, 1.82) is 0 Å². The van der Waals surface area contributed by atoms with Crippen molar-refractivity contribution in [1.82, 2.24) is 5.32 Å². The number of aryl methyl sites for hydroxylation is 3. The lowest BCUT2D eigenvalue weighted by atomic mass is 10.1. The van der Waals surface area contributed by atoms with E-state index in [9.17, 15) is 4.79 Å². The third kappa shape index (κ3) is 4.29. The van der Waals surface area contributed by atoms with Crippen LogP contribution in [-0.2, 0) is 12.8 Å². The first-order valence-electron chi connectivity index (χ1n) is 8.17. The highest BCUT2D eigenvalue weighted by atomic mass is 79.9. The largest absolute Gasteiger partial charge is 0.492 e. The van der Waals surface area contributed by atoms with E-state index in [-0.39, 0.29) is 6.03 Å². The van der Waals surface area contributed by atoms with Crippen LogP contribution in [0.2, 0.25) is 0 Å². The summed E-state index contributed by atoms with van der Waals surface area (Å²) in [7, 11) is 0. The second kappa shape index (κ2) is 7.71. The van der Waals surface area contributed by atoms with E-state index in [0.29, 0.717) is 13.2 Å². The summed E-state index contributed by atoms with van der Waals surface area (Å²) in [4.78, 5) is 11.9. The van der Waals surface area contributed by atoms with Gasteiger partial charge in [0.05, 0.1) is 6.54 Å². The second-order valence-electron chi connectivity index (χ2n) is 5.98. The fourth-order valence-corrected chi connectivity index (χ4v) is 3.12. The van der Waals surface area contributed by atoms with Gasteiger partial charge in [0, 0.05) is 10.2 Å². The van der Waals surface area contributed by atoms with Crippen LogP contribution in [0.1, 0.15) is 23.1 Å². The Bertz CT molecular complexity index is 746. The van der Waals surface area contributed by atoms with Gasteiger partial charge in [-0.05, 0) is 73.2 Å². The number of amides is 2. The average molecular weight is 389 g/mol. The molecule has 0 heterocycles. The van der Waals surface area contributed by atoms with Crippen molar-refractivity contribution < 1.29 is 9.53 Å². The van der Waals surface area contributed by atoms with Crippen molar-refractivity contribution in [2.75, 3.05) is 18.5 Å². The summed E-state index contributed by atoms with van der Waals surface area (Å²) in [5, 5.41) is 5.62. The van der Waals surface area contributed by atoms with E-state index >= 15 is 0 Å². The summed E-state index contributed by atoms with van der Waals surface area (Å²) >= 11 is 3.44. The lowest BCUT2D eigenvalue weighted by molar-refractivity contribution is 0.247. The van der Waals surface area contributed by atoms with Gasteiger partial charge in [-0.1, -0.05) is 22.0 Å². The number of benzene rings is 2. The monoisotopic (exact) mass is 388 g/mol. The normalized spacial score (nSPS) is 12.6. The molecule has 0 fully saturated rings. The van der Waals surface area contributed by atoms with Crippen LogP contribution in [-0.4, -0.2) is 19.2 Å². The summed E-state index contributed by atoms with van der Waals surface area (Å²) in [6, 6.07) is 11.7. The number of carbonyl (C=O) groups excluding carboxylic acids is 1. The van der Waals surface area contributed by atoms with Crippen molar-refractivity contribution in [3.8, 4) is 5.75 Å². The Kier molecular flexibility index (Phi) is 5.41. The number of urea groups is 1. The van der Waals surface area contributed by atoms with Crippen molar-refractivity contribution in [2.24, 2.45) is 0 Å². The second-order valence-corrected chi connectivity index (χ2v) is 6.83. The number of nitrogens with one attached hydrogen (secondary N) is 2. The molecule has 4 nitrogen and oxygen atoms in total. The van der Waals surface area contributed by atoms with Crippen LogP contribution in [0.3, 0.4) is 0 Å². The number of rotatable bonds is 5. The van der Waals surface area contributed by atoms with E-state index in [4.69, 9.17) is 4.74 Å². The van der Waals surface area contributed by atoms with Gasteiger partial charge in [-0.25, -0.2) is 4.79 Å². The Labute approximate surface area is 150 Å². The highest BCUT2D eigenvalue weighted by Crippen LogP contribution is 2.25. The zero-order valence-electron chi connectivity index (χ0n) is 13.7. The van der Waals surface area contributed by atoms with E-state index < -0.39 is 0 Å². The predicted octanol–water partition coefficient (Wildman–Crippen LogP) is 4.45. The smallest absolute Gasteiger partial charge is 0.319 e. The molecule has 0 radical (unpaired) electrons. The van der Waals surface area contributed by atoms with Gasteiger partial charge in [-0.15, -0.1) is 0 Å². The number of anilines is 1. The molecule has 5 heteroatoms. The van der Waals surface area contributed by atoms with E-state index in [0.717, 1.165) is 27.9 Å². The molecule has 2 aromatic rings. The molecular weight excluding hydrogens is 368 g/mol. The molecule has 2 N–H and O–H groups in total. The van der Waals surface area contributed by atoms with Gasteiger partial charge in [0.2, 0.25) is 0 Å². The molecule has 2 amide bonds. The minimum Gasteiger partial charge on any atom is -0.492 e. The summed E-state index contributed by atoms with van der Waals surface area (Å²) < 4.78 is 6.74. The Morgan fingerprint density at radius 3 is 2.83 bits per heavy atom. The molecule has 0 saturated heterocycles. The van der Waals surface area contributed by atoms with Gasteiger partial charge in [0.25, 0.3) is 0 Å². The zero-order chi connectivity index (χ0) is 16.9. The van der Waals surface area contributed by atoms with Gasteiger partial charge in [-0.3, -0.25) is 0 Å². The first-order valence-corrected chi connectivity index (χ1v) is 8.97. The quantitative estimate of drug-likeness (QED) is 0.743. The molecule has 24 heavy (non-hydrogen) atoms. The molecular formula is C19H21BrN2O2. The Hall–Kier alpha value is -2.01. The van der Waals surface area contributed by atoms with Crippen LogP contribution in [0.25, 0.3) is 0 Å². The van der Waals surface area contributed by atoms with E-state index in [2.05, 4.69) is 38.7 Å². The molecule has 126 valence electrons. The number of ether oxygens (including phenoxy) is 1. The van der Waals surface area contributed by atoms with Crippen LogP contribution < -0.4 is 15.4 Å². The third-order valence-electron chi connectivity index (χ3n) is 4.14. The number of halogens is 1. The van der Waals surface area contributed by atoms with E-state index in [1.165, 1.54) is 24.0 Å². The van der Waals surface area contributed by atoms with Gasteiger partial charge >= 0.3 is 6.03 Å². The number of carbonyl (C=O) groups is 1. The fourth-order valence-electron chi connectivity index (χ4n) is 2.87. The van der Waals surface area contributed by atoms with Crippen LogP contribution >= 0.6 is 15.9 Å². The molecule has 0 atom stereocenters. The standard InChI is InChI=1S/C19H21BrN2O2/c1-13-11-16(6-8-18(13)20)22-19(23)21-9-10-24-17-7-5-14-3-2-4-15(14)12-17/h5-8,11-12H,2-4,9-10H2,1H3,(H2,21,22,23). The molecule has 0 spiro atoms. The lowest BCUT2D eigenvalue weighted by Gasteiger charge is -2.10. The molecule has 0 unspecified atom stereocenters. The Morgan fingerprint density at radius 2 is 2.00 bits per heavy atom. The molecule has 0 aliphatic heterocycles. The first kappa shape index (κ1) is 16.8. The van der Waals surface area contributed by atoms with Crippen LogP contribution in [0, 0.1) is 6.92 Å². The van der Waals surface area contributed by atoms with E-state index in [1.807, 2.05) is 31.2 Å². The van der Waals surface area contributed by atoms with Crippen LogP contribution in [0.15, 0.2) is 40.9 Å². The molecule has 3 rings (SSSR count). The van der Waals surface area contributed by atoms with Gasteiger partial charge < -0.3 is 15.4 Å². The average Bonchev–Trinajstić information content (AvgIpc) is 3.03. The maximum absolute atomic E-state index is 11.9. The topological polar surface area (TPSA) is 50.4 Å². The van der Waals surface area contributed by atoms with Gasteiger partial charge in [0.15, 0.2) is 0 Å². The number of fused-ring (bicyclic) bond motifs is 1. The van der Waals surface area contributed by atoms with Crippen LogP contribution in [0.4, 0.5) is 10.5 Å². The molecule has 1 aliphatic carbocycles. The summed E-state index contributed by atoms with van der Waals surface area (Å²) in [5.41, 5.74) is 4.67. The molecule has 0 bridgehead atoms. The number of hydrogen-bond acceptors (Lipinski definition) is 2. The highest BCUT2D eigenvalue weighted by Gasteiger charge is 2.11. The third-order valence-corrected chi connectivity index (χ3v) is 5.03. The van der Waals surface area contributed by atoms with Crippen LogP contribution in [0.5, 0.6) is 5.75 Å². The number of hydrogen-bond donors (Lipinski definition) is 2. The molecule has 1 aliphatic rings. The highest BCUT2D eigenvalue weighted by molar-refractivity contribution is 9.10. The van der Waals surface area contributed by atoms with Crippen molar-refractivity contribution in [2.45, 2.75) is 26.2 Å². The molecule has 0 saturated carbocycles. The van der Waals surface area contributed by atoms with Crippen molar-refractivity contribution in [3.05, 3.63) is 57.6 Å². The molecule has 2 aromatic carbocycles. The lowest BCUT2D eigenvalue weighted by Crippen LogP contribution is -2.32. The fraction of sp³-hybridized carbons (Fsp3) is 0.316. The molecule has 0 aromatic heterocycles. The van der Waals surface area contributed by atoms with Crippen molar-refractivity contribution >= 4 is 27.6 Å². The Balaban J connectivity index is 1.41. The Morgan fingerprint density at radius 1 is 1.17 bits per heavy atom. The van der Waals surface area contributed by atoms with E-state index in [1.54, 1.807) is 0 Å². The maximum atomic E-state index is 11.9. The first-order chi connectivity index (χ1) is 11.6. The summed E-state index contributed by atoms with van der Waals surface area (Å²) in [6.45, 7) is 2.89. The zero-order valence-corrected chi connectivity index (χ0v) is 15.3. The summed E-state index contributed by atoms with van der Waals surface area (Å²) in [5.74, 6) is 0.876. The minimum atomic E-state index is -0.228. The maximum Gasteiger partial charge on any atom is 0.319 e. The van der Waals surface area contributed by atoms with Crippen molar-refractivity contribution in [3.63, 3.8) is 0 Å². The summed E-state index contributed by atoms with van der Waals surface area (Å²) in [6.07, 6.45) is 3.54.